The second kappa shape index (κ2) is 6.99. The lowest BCUT2D eigenvalue weighted by atomic mass is 10.1. The smallest absolute Gasteiger partial charge is 0.240 e. The minimum Gasteiger partial charge on any atom is -0.317 e. The van der Waals surface area contributed by atoms with Crippen LogP contribution in [0.4, 0.5) is 4.39 Å². The van der Waals surface area contributed by atoms with E-state index >= 15 is 0 Å². The van der Waals surface area contributed by atoms with Crippen LogP contribution >= 0.6 is 28.3 Å². The van der Waals surface area contributed by atoms with Gasteiger partial charge < -0.3 is 5.32 Å². The van der Waals surface area contributed by atoms with Crippen molar-refractivity contribution in [1.29, 1.82) is 0 Å². The maximum Gasteiger partial charge on any atom is 0.240 e. The van der Waals surface area contributed by atoms with Crippen molar-refractivity contribution < 1.29 is 12.8 Å². The van der Waals surface area contributed by atoms with Gasteiger partial charge in [0.1, 0.15) is 5.82 Å². The fraction of sp³-hybridized carbons (Fsp3) is 0.455. The Balaban J connectivity index is 0.00000180. The van der Waals surface area contributed by atoms with Crippen LogP contribution in [0.2, 0.25) is 0 Å². The molecule has 1 saturated heterocycles. The van der Waals surface area contributed by atoms with E-state index in [1.807, 2.05) is 0 Å². The van der Waals surface area contributed by atoms with Crippen LogP contribution in [0.5, 0.6) is 0 Å². The van der Waals surface area contributed by atoms with Gasteiger partial charge in [0.2, 0.25) is 10.0 Å². The van der Waals surface area contributed by atoms with E-state index in [0.29, 0.717) is 0 Å². The molecule has 0 amide bonds. The SMILES string of the molecule is Cl.O=S(=O)(NC1CCNCC1)c1ccc(Br)c(F)c1. The van der Waals surface area contributed by atoms with Crippen molar-refractivity contribution in [2.75, 3.05) is 13.1 Å². The third-order valence-corrected chi connectivity index (χ3v) is 5.02. The first kappa shape index (κ1) is 16.8. The average molecular weight is 374 g/mol. The highest BCUT2D eigenvalue weighted by Gasteiger charge is 2.22. The first-order chi connectivity index (χ1) is 8.49. The van der Waals surface area contributed by atoms with E-state index in [1.54, 1.807) is 0 Å². The first-order valence-electron chi connectivity index (χ1n) is 5.67. The molecule has 0 aromatic heterocycles. The van der Waals surface area contributed by atoms with Crippen molar-refractivity contribution in [1.82, 2.24) is 10.0 Å². The van der Waals surface area contributed by atoms with Crippen LogP contribution in [0, 0.1) is 5.82 Å². The number of rotatable bonds is 3. The van der Waals surface area contributed by atoms with Crippen LogP contribution in [-0.4, -0.2) is 27.5 Å². The summed E-state index contributed by atoms with van der Waals surface area (Å²) >= 11 is 3.00. The Bertz CT molecular complexity index is 535. The molecular weight excluding hydrogens is 359 g/mol. The topological polar surface area (TPSA) is 58.2 Å². The molecule has 0 radical (unpaired) electrons. The van der Waals surface area contributed by atoms with Gasteiger partial charge in [0.15, 0.2) is 0 Å². The standard InChI is InChI=1S/C11H14BrFN2O2S.ClH/c12-10-2-1-9(7-11(10)13)18(16,17)15-8-3-5-14-6-4-8;/h1-2,7-8,14-15H,3-6H2;1H. The van der Waals surface area contributed by atoms with Gasteiger partial charge in [0.25, 0.3) is 0 Å². The van der Waals surface area contributed by atoms with Gasteiger partial charge in [0, 0.05) is 6.04 Å². The Morgan fingerprint density at radius 2 is 1.95 bits per heavy atom. The average Bonchev–Trinajstić information content (AvgIpc) is 2.33. The lowest BCUT2D eigenvalue weighted by Crippen LogP contribution is -2.42. The summed E-state index contributed by atoms with van der Waals surface area (Å²) in [6.07, 6.45) is 1.50. The summed E-state index contributed by atoms with van der Waals surface area (Å²) in [5, 5.41) is 3.16. The molecule has 8 heteroatoms. The molecule has 1 fully saturated rings. The van der Waals surface area contributed by atoms with Gasteiger partial charge in [-0.3, -0.25) is 0 Å². The van der Waals surface area contributed by atoms with Gasteiger partial charge >= 0.3 is 0 Å². The molecule has 19 heavy (non-hydrogen) atoms. The number of piperidine rings is 1. The molecule has 1 aromatic rings. The summed E-state index contributed by atoms with van der Waals surface area (Å²) in [5.41, 5.74) is 0. The van der Waals surface area contributed by atoms with Gasteiger partial charge in [-0.25, -0.2) is 17.5 Å². The van der Waals surface area contributed by atoms with Crippen molar-refractivity contribution in [2.24, 2.45) is 0 Å². The molecule has 2 rings (SSSR count). The Morgan fingerprint density at radius 3 is 2.53 bits per heavy atom. The van der Waals surface area contributed by atoms with Gasteiger partial charge in [-0.2, -0.15) is 0 Å². The predicted octanol–water partition coefficient (Wildman–Crippen LogP) is 2.04. The van der Waals surface area contributed by atoms with E-state index in [0.717, 1.165) is 32.0 Å². The van der Waals surface area contributed by atoms with E-state index in [-0.39, 0.29) is 27.8 Å². The molecular formula is C11H15BrClFN2O2S. The first-order valence-corrected chi connectivity index (χ1v) is 7.95. The maximum absolute atomic E-state index is 13.3. The summed E-state index contributed by atoms with van der Waals surface area (Å²) in [7, 11) is -3.64. The molecule has 1 aliphatic heterocycles. The van der Waals surface area contributed by atoms with Crippen LogP contribution in [0.1, 0.15) is 12.8 Å². The molecule has 0 unspecified atom stereocenters. The van der Waals surface area contributed by atoms with E-state index in [2.05, 4.69) is 26.0 Å². The Morgan fingerprint density at radius 1 is 1.32 bits per heavy atom. The molecule has 0 spiro atoms. The van der Waals surface area contributed by atoms with Crippen LogP contribution in [0.15, 0.2) is 27.6 Å². The molecule has 1 aliphatic rings. The number of benzene rings is 1. The fourth-order valence-corrected chi connectivity index (χ4v) is 3.43. The summed E-state index contributed by atoms with van der Waals surface area (Å²) in [6, 6.07) is 3.72. The van der Waals surface area contributed by atoms with E-state index in [4.69, 9.17) is 0 Å². The Hall–Kier alpha value is -0.210. The molecule has 1 aromatic carbocycles. The quantitative estimate of drug-likeness (QED) is 0.852. The number of halogens is 3. The highest BCUT2D eigenvalue weighted by atomic mass is 79.9. The van der Waals surface area contributed by atoms with E-state index in [9.17, 15) is 12.8 Å². The molecule has 4 nitrogen and oxygen atoms in total. The summed E-state index contributed by atoms with van der Waals surface area (Å²) in [5.74, 6) is -0.580. The van der Waals surface area contributed by atoms with Gasteiger partial charge in [-0.05, 0) is 60.1 Å². The van der Waals surface area contributed by atoms with Gasteiger partial charge in [-0.1, -0.05) is 0 Å². The minimum absolute atomic E-state index is 0. The van der Waals surface area contributed by atoms with Crippen LogP contribution in [-0.2, 0) is 10.0 Å². The third-order valence-electron chi connectivity index (χ3n) is 2.86. The zero-order chi connectivity index (χ0) is 13.2. The van der Waals surface area contributed by atoms with Gasteiger partial charge in [0.05, 0.1) is 9.37 Å². The second-order valence-corrected chi connectivity index (χ2v) is 6.79. The number of nitrogens with one attached hydrogen (secondary N) is 2. The molecule has 0 aliphatic carbocycles. The Kier molecular flexibility index (Phi) is 6.19. The van der Waals surface area contributed by atoms with Crippen LogP contribution in [0.25, 0.3) is 0 Å². The van der Waals surface area contributed by atoms with Crippen molar-refractivity contribution in [3.8, 4) is 0 Å². The Labute approximate surface area is 126 Å². The number of hydrogen-bond acceptors (Lipinski definition) is 3. The maximum atomic E-state index is 13.3. The van der Waals surface area contributed by atoms with Crippen LogP contribution < -0.4 is 10.0 Å². The number of sulfonamides is 1. The zero-order valence-electron chi connectivity index (χ0n) is 10.0. The highest BCUT2D eigenvalue weighted by molar-refractivity contribution is 9.10. The number of hydrogen-bond donors (Lipinski definition) is 2. The normalized spacial score (nSPS) is 16.9. The highest BCUT2D eigenvalue weighted by Crippen LogP contribution is 2.20. The monoisotopic (exact) mass is 372 g/mol. The third kappa shape index (κ3) is 4.39. The summed E-state index contributed by atoms with van der Waals surface area (Å²) in [4.78, 5) is -0.0401. The zero-order valence-corrected chi connectivity index (χ0v) is 13.2. The fourth-order valence-electron chi connectivity index (χ4n) is 1.87. The molecule has 1 heterocycles. The summed E-state index contributed by atoms with van der Waals surface area (Å²) < 4.78 is 40.3. The molecule has 0 atom stereocenters. The van der Waals surface area contributed by atoms with E-state index < -0.39 is 15.8 Å². The largest absolute Gasteiger partial charge is 0.317 e. The summed E-state index contributed by atoms with van der Waals surface area (Å²) in [6.45, 7) is 1.59. The lowest BCUT2D eigenvalue weighted by molar-refractivity contribution is 0.427. The van der Waals surface area contributed by atoms with Crippen molar-refractivity contribution in [3.63, 3.8) is 0 Å². The van der Waals surface area contributed by atoms with Crippen molar-refractivity contribution in [2.45, 2.75) is 23.8 Å². The minimum atomic E-state index is -3.64. The van der Waals surface area contributed by atoms with Gasteiger partial charge in [-0.15, -0.1) is 12.4 Å². The van der Waals surface area contributed by atoms with Crippen LogP contribution in [0.3, 0.4) is 0 Å². The lowest BCUT2D eigenvalue weighted by Gasteiger charge is -2.23. The predicted molar refractivity (Wildman–Crippen MR) is 77.6 cm³/mol. The van der Waals surface area contributed by atoms with Crippen molar-refractivity contribution in [3.05, 3.63) is 28.5 Å². The molecule has 0 saturated carbocycles. The molecule has 108 valence electrons. The van der Waals surface area contributed by atoms with Crippen molar-refractivity contribution >= 4 is 38.4 Å². The second-order valence-electron chi connectivity index (χ2n) is 4.22. The molecule has 2 N–H and O–H groups in total. The van der Waals surface area contributed by atoms with E-state index in [1.165, 1.54) is 12.1 Å². The molecule has 0 bridgehead atoms.